The molecule has 2 aromatic carbocycles. The SMILES string of the molecule is COc1ccc(-n2ccn3cc(-c4ccc(Cl)cc4)nc3c2=O)cc1OC. The van der Waals surface area contributed by atoms with Gasteiger partial charge in [-0.05, 0) is 24.3 Å². The summed E-state index contributed by atoms with van der Waals surface area (Å²) in [4.78, 5) is 17.5. The van der Waals surface area contributed by atoms with E-state index in [0.29, 0.717) is 33.6 Å². The fraction of sp³-hybridized carbons (Fsp3) is 0.100. The molecular formula is C20H16ClN3O3. The predicted molar refractivity (Wildman–Crippen MR) is 104 cm³/mol. The average Bonchev–Trinajstić information content (AvgIpc) is 3.13. The second-order valence-electron chi connectivity index (χ2n) is 5.88. The van der Waals surface area contributed by atoms with Crippen LogP contribution < -0.4 is 15.0 Å². The first-order chi connectivity index (χ1) is 13.1. The number of rotatable bonds is 4. The van der Waals surface area contributed by atoms with E-state index in [1.165, 1.54) is 4.57 Å². The molecule has 4 rings (SSSR count). The van der Waals surface area contributed by atoms with Crippen molar-refractivity contribution in [2.24, 2.45) is 0 Å². The van der Waals surface area contributed by atoms with Crippen LogP contribution in [0.2, 0.25) is 5.02 Å². The highest BCUT2D eigenvalue weighted by Gasteiger charge is 2.12. The lowest BCUT2D eigenvalue weighted by molar-refractivity contribution is 0.355. The Morgan fingerprint density at radius 3 is 2.41 bits per heavy atom. The molecule has 7 heteroatoms. The first kappa shape index (κ1) is 17.2. The summed E-state index contributed by atoms with van der Waals surface area (Å²) in [5, 5.41) is 0.651. The number of nitrogens with zero attached hydrogens (tertiary/aromatic N) is 3. The molecule has 4 aromatic rings. The van der Waals surface area contributed by atoms with E-state index in [1.54, 1.807) is 61.3 Å². The van der Waals surface area contributed by atoms with Gasteiger partial charge >= 0.3 is 0 Å². The molecule has 0 aliphatic rings. The summed E-state index contributed by atoms with van der Waals surface area (Å²) in [6.07, 6.45) is 5.31. The highest BCUT2D eigenvalue weighted by molar-refractivity contribution is 6.30. The molecule has 0 spiro atoms. The summed E-state index contributed by atoms with van der Waals surface area (Å²) in [7, 11) is 3.12. The first-order valence-corrected chi connectivity index (χ1v) is 8.57. The summed E-state index contributed by atoms with van der Waals surface area (Å²) in [6.45, 7) is 0. The Kier molecular flexibility index (Phi) is 4.33. The molecule has 6 nitrogen and oxygen atoms in total. The lowest BCUT2D eigenvalue weighted by Gasteiger charge is -2.11. The van der Waals surface area contributed by atoms with E-state index in [9.17, 15) is 4.79 Å². The largest absolute Gasteiger partial charge is 0.493 e. The van der Waals surface area contributed by atoms with Gasteiger partial charge in [0.15, 0.2) is 11.5 Å². The number of hydrogen-bond acceptors (Lipinski definition) is 4. The van der Waals surface area contributed by atoms with Crippen LogP contribution in [0.4, 0.5) is 0 Å². The van der Waals surface area contributed by atoms with Gasteiger partial charge in [0.25, 0.3) is 5.56 Å². The van der Waals surface area contributed by atoms with E-state index in [1.807, 2.05) is 18.3 Å². The Balaban J connectivity index is 1.83. The Bertz CT molecular complexity index is 1180. The molecule has 0 atom stereocenters. The highest BCUT2D eigenvalue weighted by atomic mass is 35.5. The molecule has 0 saturated carbocycles. The summed E-state index contributed by atoms with van der Waals surface area (Å²) in [6, 6.07) is 12.6. The van der Waals surface area contributed by atoms with Crippen molar-refractivity contribution in [3.63, 3.8) is 0 Å². The topological polar surface area (TPSA) is 57.8 Å². The minimum Gasteiger partial charge on any atom is -0.493 e. The number of halogens is 1. The zero-order valence-electron chi connectivity index (χ0n) is 14.7. The minimum atomic E-state index is -0.232. The molecule has 0 amide bonds. The molecule has 0 radical (unpaired) electrons. The van der Waals surface area contributed by atoms with Crippen LogP contribution in [-0.4, -0.2) is 28.2 Å². The molecule has 0 unspecified atom stereocenters. The molecule has 0 aliphatic heterocycles. The highest BCUT2D eigenvalue weighted by Crippen LogP contribution is 2.28. The van der Waals surface area contributed by atoms with Crippen molar-refractivity contribution in [1.82, 2.24) is 14.0 Å². The van der Waals surface area contributed by atoms with Gasteiger partial charge in [0.1, 0.15) is 0 Å². The zero-order valence-corrected chi connectivity index (χ0v) is 15.5. The molecule has 0 saturated heterocycles. The van der Waals surface area contributed by atoms with Crippen molar-refractivity contribution in [3.8, 4) is 28.4 Å². The van der Waals surface area contributed by atoms with E-state index in [4.69, 9.17) is 21.1 Å². The van der Waals surface area contributed by atoms with Gasteiger partial charge in [-0.3, -0.25) is 9.36 Å². The Morgan fingerprint density at radius 1 is 0.963 bits per heavy atom. The molecule has 136 valence electrons. The van der Waals surface area contributed by atoms with E-state index >= 15 is 0 Å². The number of imidazole rings is 1. The smallest absolute Gasteiger partial charge is 0.298 e. The Labute approximate surface area is 160 Å². The summed E-state index contributed by atoms with van der Waals surface area (Å²) < 4.78 is 13.8. The van der Waals surface area contributed by atoms with E-state index in [-0.39, 0.29) is 5.56 Å². The normalized spacial score (nSPS) is 10.9. The van der Waals surface area contributed by atoms with Crippen LogP contribution in [0.25, 0.3) is 22.6 Å². The molecule has 0 fully saturated rings. The number of ether oxygens (including phenoxy) is 2. The standard InChI is InChI=1S/C20H16ClN3O3/c1-26-17-8-7-15(11-18(17)27-2)24-10-9-23-12-16(22-19(23)20(24)25)13-3-5-14(21)6-4-13/h3-12H,1-2H3. The van der Waals surface area contributed by atoms with Gasteiger partial charge in [-0.1, -0.05) is 23.7 Å². The van der Waals surface area contributed by atoms with Gasteiger partial charge in [-0.15, -0.1) is 0 Å². The van der Waals surface area contributed by atoms with Crippen LogP contribution in [0.1, 0.15) is 0 Å². The fourth-order valence-electron chi connectivity index (χ4n) is 2.92. The lowest BCUT2D eigenvalue weighted by Crippen LogP contribution is -2.20. The minimum absolute atomic E-state index is 0.232. The maximum Gasteiger partial charge on any atom is 0.298 e. The van der Waals surface area contributed by atoms with Crippen LogP contribution in [0.5, 0.6) is 11.5 Å². The number of benzene rings is 2. The van der Waals surface area contributed by atoms with E-state index in [2.05, 4.69) is 4.98 Å². The van der Waals surface area contributed by atoms with Gasteiger partial charge in [-0.2, -0.15) is 0 Å². The maximum atomic E-state index is 13.0. The van der Waals surface area contributed by atoms with Crippen molar-refractivity contribution >= 4 is 17.2 Å². The van der Waals surface area contributed by atoms with Crippen LogP contribution in [-0.2, 0) is 0 Å². The third-order valence-corrected chi connectivity index (χ3v) is 4.56. The fourth-order valence-corrected chi connectivity index (χ4v) is 3.04. The van der Waals surface area contributed by atoms with Crippen molar-refractivity contribution in [1.29, 1.82) is 0 Å². The quantitative estimate of drug-likeness (QED) is 0.539. The summed E-state index contributed by atoms with van der Waals surface area (Å²) in [5.41, 5.74) is 2.35. The van der Waals surface area contributed by atoms with Crippen LogP contribution in [0.3, 0.4) is 0 Å². The van der Waals surface area contributed by atoms with Crippen LogP contribution in [0.15, 0.2) is 65.8 Å². The van der Waals surface area contributed by atoms with Crippen molar-refractivity contribution in [2.45, 2.75) is 0 Å². The molecule has 0 aliphatic carbocycles. The van der Waals surface area contributed by atoms with Crippen molar-refractivity contribution < 1.29 is 9.47 Å². The molecule has 2 heterocycles. The maximum absolute atomic E-state index is 13.0. The number of aromatic nitrogens is 3. The Hall–Kier alpha value is -3.25. The van der Waals surface area contributed by atoms with Gasteiger partial charge in [0.2, 0.25) is 5.65 Å². The van der Waals surface area contributed by atoms with Gasteiger partial charge in [0.05, 0.1) is 25.6 Å². The molecular weight excluding hydrogens is 366 g/mol. The zero-order chi connectivity index (χ0) is 19.0. The Morgan fingerprint density at radius 2 is 1.70 bits per heavy atom. The monoisotopic (exact) mass is 381 g/mol. The van der Waals surface area contributed by atoms with Crippen molar-refractivity contribution in [3.05, 3.63) is 76.4 Å². The van der Waals surface area contributed by atoms with Crippen LogP contribution >= 0.6 is 11.6 Å². The average molecular weight is 382 g/mol. The molecule has 0 bridgehead atoms. The summed E-state index contributed by atoms with van der Waals surface area (Å²) in [5.74, 6) is 1.15. The summed E-state index contributed by atoms with van der Waals surface area (Å²) >= 11 is 5.94. The molecule has 2 aromatic heterocycles. The predicted octanol–water partition coefficient (Wildman–Crippen LogP) is 3.82. The number of fused-ring (bicyclic) bond motifs is 1. The number of hydrogen-bond donors (Lipinski definition) is 0. The second kappa shape index (κ2) is 6.81. The van der Waals surface area contributed by atoms with Gasteiger partial charge < -0.3 is 13.9 Å². The number of methoxy groups -OCH3 is 2. The first-order valence-electron chi connectivity index (χ1n) is 8.19. The third-order valence-electron chi connectivity index (χ3n) is 4.30. The third kappa shape index (κ3) is 3.04. The van der Waals surface area contributed by atoms with E-state index < -0.39 is 0 Å². The lowest BCUT2D eigenvalue weighted by atomic mass is 10.2. The van der Waals surface area contributed by atoms with Crippen LogP contribution in [0, 0.1) is 0 Å². The molecule has 0 N–H and O–H groups in total. The van der Waals surface area contributed by atoms with E-state index in [0.717, 1.165) is 5.56 Å². The van der Waals surface area contributed by atoms with Gasteiger partial charge in [0, 0.05) is 35.2 Å². The molecule has 27 heavy (non-hydrogen) atoms. The van der Waals surface area contributed by atoms with Gasteiger partial charge in [-0.25, -0.2) is 4.98 Å². The second-order valence-corrected chi connectivity index (χ2v) is 6.31. The van der Waals surface area contributed by atoms with Crippen molar-refractivity contribution in [2.75, 3.05) is 14.2 Å².